The molecule has 1 aromatic rings. The highest BCUT2D eigenvalue weighted by molar-refractivity contribution is 6.32. The fourth-order valence-corrected chi connectivity index (χ4v) is 0.876. The van der Waals surface area contributed by atoms with Crippen LogP contribution in [0.2, 0.25) is 10.3 Å². The second-order valence-electron chi connectivity index (χ2n) is 1.83. The minimum absolute atomic E-state index is 0.480. The molecule has 0 aromatic carbocycles. The van der Waals surface area contributed by atoms with Gasteiger partial charge in [0.2, 0.25) is 5.28 Å². The molecular weight excluding hydrogens is 216 g/mol. The summed E-state index contributed by atoms with van der Waals surface area (Å²) in [5.41, 5.74) is -1.22. The molecule has 12 heavy (non-hydrogen) atoms. The van der Waals surface area contributed by atoms with E-state index < -0.39 is 22.2 Å². The number of hydrogen-bond acceptors (Lipinski definition) is 2. The first-order valence-electron chi connectivity index (χ1n) is 2.66. The first kappa shape index (κ1) is 9.54. The van der Waals surface area contributed by atoms with Gasteiger partial charge in [-0.25, -0.2) is 9.97 Å². The van der Waals surface area contributed by atoms with E-state index in [1.165, 1.54) is 0 Å². The summed E-state index contributed by atoms with van der Waals surface area (Å²) in [5.74, 6) is 0. The third-order valence-corrected chi connectivity index (χ3v) is 1.44. The second-order valence-corrected chi connectivity index (χ2v) is 2.58. The van der Waals surface area contributed by atoms with Crippen LogP contribution in [0.1, 0.15) is 5.69 Å². The highest BCUT2D eigenvalue weighted by Crippen LogP contribution is 2.32. The predicted octanol–water partition coefficient (Wildman–Crippen LogP) is 2.80. The minimum Gasteiger partial charge on any atom is -0.225 e. The summed E-state index contributed by atoms with van der Waals surface area (Å²) in [6, 6.07) is 0. The summed E-state index contributed by atoms with van der Waals surface area (Å²) in [4.78, 5) is 6.22. The standard InChI is InChI=1S/C5HCl2F3N2/c6-2-1-11-4(7)12-3(2)5(8,9)10/h1H. The van der Waals surface area contributed by atoms with Crippen LogP contribution >= 0.6 is 23.2 Å². The lowest BCUT2D eigenvalue weighted by molar-refractivity contribution is -0.141. The summed E-state index contributed by atoms with van der Waals surface area (Å²) < 4.78 is 36.0. The minimum atomic E-state index is -4.59. The van der Waals surface area contributed by atoms with Gasteiger partial charge in [-0.3, -0.25) is 0 Å². The molecule has 0 radical (unpaired) electrons. The summed E-state index contributed by atoms with van der Waals surface area (Å²) >= 11 is 10.3. The highest BCUT2D eigenvalue weighted by atomic mass is 35.5. The Bertz CT molecular complexity index is 299. The zero-order chi connectivity index (χ0) is 9.35. The molecule has 1 rings (SSSR count). The molecule has 0 saturated carbocycles. The van der Waals surface area contributed by atoms with Crippen molar-refractivity contribution in [2.75, 3.05) is 0 Å². The van der Waals surface area contributed by atoms with Gasteiger partial charge in [-0.05, 0) is 11.6 Å². The Balaban J connectivity index is 3.23. The van der Waals surface area contributed by atoms with E-state index in [-0.39, 0.29) is 0 Å². The van der Waals surface area contributed by atoms with Gasteiger partial charge in [0.05, 0.1) is 11.2 Å². The average molecular weight is 217 g/mol. The third kappa shape index (κ3) is 1.98. The molecule has 0 aliphatic heterocycles. The van der Waals surface area contributed by atoms with Gasteiger partial charge in [0.1, 0.15) is 0 Å². The van der Waals surface area contributed by atoms with E-state index in [4.69, 9.17) is 23.2 Å². The zero-order valence-corrected chi connectivity index (χ0v) is 6.87. The number of rotatable bonds is 0. The maximum Gasteiger partial charge on any atom is 0.435 e. The Hall–Kier alpha value is -0.550. The molecule has 0 bridgehead atoms. The number of halogens is 5. The Morgan fingerprint density at radius 2 is 1.83 bits per heavy atom. The zero-order valence-electron chi connectivity index (χ0n) is 5.36. The highest BCUT2D eigenvalue weighted by Gasteiger charge is 2.35. The largest absolute Gasteiger partial charge is 0.435 e. The molecule has 0 aliphatic rings. The monoisotopic (exact) mass is 216 g/mol. The quantitative estimate of drug-likeness (QED) is 0.624. The number of nitrogens with zero attached hydrogens (tertiary/aromatic N) is 2. The Morgan fingerprint density at radius 1 is 1.25 bits per heavy atom. The van der Waals surface area contributed by atoms with E-state index in [1.807, 2.05) is 0 Å². The molecule has 2 nitrogen and oxygen atoms in total. The van der Waals surface area contributed by atoms with Gasteiger partial charge < -0.3 is 0 Å². The smallest absolute Gasteiger partial charge is 0.225 e. The van der Waals surface area contributed by atoms with E-state index in [2.05, 4.69) is 9.97 Å². The lowest BCUT2D eigenvalue weighted by Crippen LogP contribution is -2.09. The molecule has 1 heterocycles. The van der Waals surface area contributed by atoms with Crippen molar-refractivity contribution in [3.63, 3.8) is 0 Å². The maximum atomic E-state index is 12.0. The number of hydrogen-bond donors (Lipinski definition) is 0. The molecule has 7 heteroatoms. The van der Waals surface area contributed by atoms with Crippen LogP contribution in [0.15, 0.2) is 6.20 Å². The molecule has 0 fully saturated rings. The summed E-state index contributed by atoms with van der Waals surface area (Å²) in [5, 5.41) is -1.04. The molecular formula is C5HCl2F3N2. The van der Waals surface area contributed by atoms with Crippen LogP contribution in [-0.2, 0) is 6.18 Å². The summed E-state index contributed by atoms with van der Waals surface area (Å²) in [6.07, 6.45) is -3.79. The first-order valence-corrected chi connectivity index (χ1v) is 3.42. The molecule has 0 aliphatic carbocycles. The normalized spacial score (nSPS) is 11.8. The van der Waals surface area contributed by atoms with Crippen LogP contribution in [0.25, 0.3) is 0 Å². The topological polar surface area (TPSA) is 25.8 Å². The molecule has 0 N–H and O–H groups in total. The Morgan fingerprint density at radius 3 is 2.25 bits per heavy atom. The van der Waals surface area contributed by atoms with Crippen LogP contribution in [0.5, 0.6) is 0 Å². The van der Waals surface area contributed by atoms with Gasteiger partial charge in [-0.1, -0.05) is 11.6 Å². The van der Waals surface area contributed by atoms with Crippen molar-refractivity contribution in [2.24, 2.45) is 0 Å². The van der Waals surface area contributed by atoms with Crippen molar-refractivity contribution in [3.8, 4) is 0 Å². The van der Waals surface area contributed by atoms with Gasteiger partial charge in [0.15, 0.2) is 5.69 Å². The lowest BCUT2D eigenvalue weighted by Gasteiger charge is -2.06. The van der Waals surface area contributed by atoms with Gasteiger partial charge >= 0.3 is 6.18 Å². The number of aromatic nitrogens is 2. The van der Waals surface area contributed by atoms with Crippen LogP contribution < -0.4 is 0 Å². The molecule has 1 aromatic heterocycles. The van der Waals surface area contributed by atoms with E-state index >= 15 is 0 Å². The summed E-state index contributed by atoms with van der Waals surface area (Å²) in [6.45, 7) is 0. The lowest BCUT2D eigenvalue weighted by atomic mass is 10.4. The van der Waals surface area contributed by atoms with E-state index in [9.17, 15) is 13.2 Å². The van der Waals surface area contributed by atoms with E-state index in [0.29, 0.717) is 0 Å². The van der Waals surface area contributed by atoms with Crippen molar-refractivity contribution in [2.45, 2.75) is 6.18 Å². The summed E-state index contributed by atoms with van der Waals surface area (Å²) in [7, 11) is 0. The molecule has 0 atom stereocenters. The van der Waals surface area contributed by atoms with Gasteiger partial charge in [-0.15, -0.1) is 0 Å². The van der Waals surface area contributed by atoms with Gasteiger partial charge in [-0.2, -0.15) is 13.2 Å². The van der Waals surface area contributed by atoms with Crippen LogP contribution in [0, 0.1) is 0 Å². The molecule has 0 amide bonds. The van der Waals surface area contributed by atoms with Crippen molar-refractivity contribution >= 4 is 23.2 Å². The Labute approximate surface area is 75.3 Å². The van der Waals surface area contributed by atoms with E-state index in [0.717, 1.165) is 6.20 Å². The number of alkyl halides is 3. The SMILES string of the molecule is FC(F)(F)c1nc(Cl)ncc1Cl. The van der Waals surface area contributed by atoms with Crippen LogP contribution in [-0.4, -0.2) is 9.97 Å². The Kier molecular flexibility index (Phi) is 2.44. The molecule has 0 spiro atoms. The van der Waals surface area contributed by atoms with Crippen molar-refractivity contribution in [3.05, 3.63) is 22.2 Å². The van der Waals surface area contributed by atoms with Crippen LogP contribution in [0.3, 0.4) is 0 Å². The van der Waals surface area contributed by atoms with Crippen molar-refractivity contribution in [1.82, 2.24) is 9.97 Å². The van der Waals surface area contributed by atoms with Crippen molar-refractivity contribution < 1.29 is 13.2 Å². The third-order valence-electron chi connectivity index (χ3n) is 0.983. The first-order chi connectivity index (χ1) is 5.41. The average Bonchev–Trinajstić information content (AvgIpc) is 1.92. The predicted molar refractivity (Wildman–Crippen MR) is 37.1 cm³/mol. The van der Waals surface area contributed by atoms with Gasteiger partial charge in [0.25, 0.3) is 0 Å². The maximum absolute atomic E-state index is 12.0. The second kappa shape index (κ2) is 3.06. The van der Waals surface area contributed by atoms with Crippen molar-refractivity contribution in [1.29, 1.82) is 0 Å². The van der Waals surface area contributed by atoms with Gasteiger partial charge in [0, 0.05) is 0 Å². The fourth-order valence-electron chi connectivity index (χ4n) is 0.544. The van der Waals surface area contributed by atoms with Crippen LogP contribution in [0.4, 0.5) is 13.2 Å². The molecule has 0 unspecified atom stereocenters. The molecule has 66 valence electrons. The van der Waals surface area contributed by atoms with E-state index in [1.54, 1.807) is 0 Å². The molecule has 0 saturated heterocycles. The fraction of sp³-hybridized carbons (Fsp3) is 0.200.